The monoisotopic (exact) mass is 388 g/mol. The lowest BCUT2D eigenvalue weighted by atomic mass is 10.1. The molecule has 0 radical (unpaired) electrons. The molecule has 1 atom stereocenters. The van der Waals surface area contributed by atoms with E-state index in [1.165, 1.54) is 4.90 Å². The van der Waals surface area contributed by atoms with E-state index in [1.807, 2.05) is 30.3 Å². The first kappa shape index (κ1) is 18.7. The van der Waals surface area contributed by atoms with Crippen molar-refractivity contribution in [2.75, 3.05) is 16.8 Å². The molecule has 0 spiro atoms. The van der Waals surface area contributed by atoms with Crippen molar-refractivity contribution >= 4 is 39.9 Å². The number of carbonyl (C=O) groups excluding carboxylic acids is 3. The topological polar surface area (TPSA) is 75.7 Å². The highest BCUT2D eigenvalue weighted by atomic mass is 16.5. The molecule has 3 aromatic rings. The van der Waals surface area contributed by atoms with Gasteiger partial charge in [0.15, 0.2) is 6.61 Å². The van der Waals surface area contributed by atoms with Crippen molar-refractivity contribution in [3.05, 3.63) is 72.3 Å². The van der Waals surface area contributed by atoms with Gasteiger partial charge in [-0.3, -0.25) is 9.59 Å². The molecule has 0 aromatic heterocycles. The average Bonchev–Trinajstić information content (AvgIpc) is 2.85. The molecule has 1 aliphatic heterocycles. The van der Waals surface area contributed by atoms with Crippen molar-refractivity contribution < 1.29 is 19.1 Å². The lowest BCUT2D eigenvalue weighted by molar-refractivity contribution is -0.122. The van der Waals surface area contributed by atoms with Crippen LogP contribution in [0.4, 0.5) is 11.4 Å². The van der Waals surface area contributed by atoms with Crippen LogP contribution in [0.15, 0.2) is 66.7 Å². The Bertz CT molecular complexity index is 1110. The summed E-state index contributed by atoms with van der Waals surface area (Å²) in [5, 5.41) is 4.75. The maximum absolute atomic E-state index is 12.9. The van der Waals surface area contributed by atoms with Crippen LogP contribution in [0.5, 0.6) is 0 Å². The summed E-state index contributed by atoms with van der Waals surface area (Å²) in [6.45, 7) is 1.39. The van der Waals surface area contributed by atoms with Crippen LogP contribution in [0.3, 0.4) is 0 Å². The molecule has 0 bridgehead atoms. The Labute approximate surface area is 168 Å². The van der Waals surface area contributed by atoms with E-state index in [4.69, 9.17) is 4.74 Å². The number of anilines is 2. The fourth-order valence-corrected chi connectivity index (χ4v) is 3.56. The second-order valence-corrected chi connectivity index (χ2v) is 7.02. The van der Waals surface area contributed by atoms with Gasteiger partial charge in [-0.25, -0.2) is 4.79 Å². The van der Waals surface area contributed by atoms with Crippen molar-refractivity contribution in [1.82, 2.24) is 0 Å². The Balaban J connectivity index is 1.51. The SMILES string of the molecule is C[C@@H]1CC(=O)Nc2ccccc2N1C(=O)COC(=O)c1ccc2ccccc2c1. The van der Waals surface area contributed by atoms with Crippen LogP contribution in [0, 0.1) is 0 Å². The molecule has 4 rings (SSSR count). The molecule has 0 saturated heterocycles. The van der Waals surface area contributed by atoms with Crippen LogP contribution >= 0.6 is 0 Å². The van der Waals surface area contributed by atoms with Crippen molar-refractivity contribution in [3.63, 3.8) is 0 Å². The highest BCUT2D eigenvalue weighted by Crippen LogP contribution is 2.31. The average molecular weight is 388 g/mol. The van der Waals surface area contributed by atoms with Gasteiger partial charge in [-0.1, -0.05) is 42.5 Å². The molecule has 0 aliphatic carbocycles. The summed E-state index contributed by atoms with van der Waals surface area (Å²) in [4.78, 5) is 38.9. The van der Waals surface area contributed by atoms with Crippen molar-refractivity contribution in [3.8, 4) is 0 Å². The molecule has 0 fully saturated rings. The van der Waals surface area contributed by atoms with E-state index in [9.17, 15) is 14.4 Å². The Morgan fingerprint density at radius 2 is 1.76 bits per heavy atom. The number of rotatable bonds is 3. The lowest BCUT2D eigenvalue weighted by Gasteiger charge is -2.27. The Morgan fingerprint density at radius 3 is 2.59 bits per heavy atom. The molecule has 0 saturated carbocycles. The predicted octanol–water partition coefficient (Wildman–Crippen LogP) is 3.76. The summed E-state index contributed by atoms with van der Waals surface area (Å²) >= 11 is 0. The molecule has 0 unspecified atom stereocenters. The second kappa shape index (κ2) is 7.75. The molecular weight excluding hydrogens is 368 g/mol. The van der Waals surface area contributed by atoms with E-state index in [0.29, 0.717) is 16.9 Å². The van der Waals surface area contributed by atoms with E-state index in [-0.39, 0.29) is 24.3 Å². The third-order valence-corrected chi connectivity index (χ3v) is 4.94. The Hall–Kier alpha value is -3.67. The largest absolute Gasteiger partial charge is 0.452 e. The molecule has 3 aromatic carbocycles. The standard InChI is InChI=1S/C23H20N2O4/c1-15-12-21(26)24-19-8-4-5-9-20(19)25(15)22(27)14-29-23(28)18-11-10-16-6-2-3-7-17(16)13-18/h2-11,13,15H,12,14H2,1H3,(H,24,26)/t15-/m1/s1. The third-order valence-electron chi connectivity index (χ3n) is 4.94. The zero-order valence-electron chi connectivity index (χ0n) is 15.9. The highest BCUT2D eigenvalue weighted by Gasteiger charge is 2.30. The van der Waals surface area contributed by atoms with Crippen molar-refractivity contribution in [2.24, 2.45) is 0 Å². The number of benzene rings is 3. The van der Waals surface area contributed by atoms with Gasteiger partial charge in [0.25, 0.3) is 5.91 Å². The summed E-state index contributed by atoms with van der Waals surface area (Å²) < 4.78 is 5.29. The quantitative estimate of drug-likeness (QED) is 0.693. The van der Waals surface area contributed by atoms with Gasteiger partial charge in [0.2, 0.25) is 5.91 Å². The molecule has 29 heavy (non-hydrogen) atoms. The first-order chi connectivity index (χ1) is 14.0. The molecule has 1 aliphatic rings. The lowest BCUT2D eigenvalue weighted by Crippen LogP contribution is -2.41. The fourth-order valence-electron chi connectivity index (χ4n) is 3.56. The molecule has 2 amide bonds. The second-order valence-electron chi connectivity index (χ2n) is 7.02. The summed E-state index contributed by atoms with van der Waals surface area (Å²) in [7, 11) is 0. The van der Waals surface area contributed by atoms with Crippen molar-refractivity contribution in [2.45, 2.75) is 19.4 Å². The van der Waals surface area contributed by atoms with Gasteiger partial charge in [0, 0.05) is 12.5 Å². The number of hydrogen-bond acceptors (Lipinski definition) is 4. The summed E-state index contributed by atoms with van der Waals surface area (Å²) in [6.07, 6.45) is 0.166. The fraction of sp³-hybridized carbons (Fsp3) is 0.174. The van der Waals surface area contributed by atoms with Gasteiger partial charge in [0.05, 0.1) is 16.9 Å². The minimum atomic E-state index is -0.561. The maximum atomic E-state index is 12.9. The van der Waals surface area contributed by atoms with E-state index in [2.05, 4.69) is 5.32 Å². The van der Waals surface area contributed by atoms with E-state index >= 15 is 0 Å². The number of para-hydroxylation sites is 2. The predicted molar refractivity (Wildman–Crippen MR) is 111 cm³/mol. The van der Waals surface area contributed by atoms with Crippen LogP contribution in [-0.4, -0.2) is 30.4 Å². The van der Waals surface area contributed by atoms with Gasteiger partial charge < -0.3 is 15.0 Å². The van der Waals surface area contributed by atoms with Crippen LogP contribution in [0.1, 0.15) is 23.7 Å². The molecule has 1 heterocycles. The summed E-state index contributed by atoms with van der Waals surface area (Å²) in [5.41, 5.74) is 1.55. The molecule has 6 heteroatoms. The van der Waals surface area contributed by atoms with Crippen LogP contribution in [0.2, 0.25) is 0 Å². The van der Waals surface area contributed by atoms with Crippen LogP contribution in [-0.2, 0) is 14.3 Å². The van der Waals surface area contributed by atoms with Gasteiger partial charge in [-0.05, 0) is 42.0 Å². The maximum Gasteiger partial charge on any atom is 0.338 e. The van der Waals surface area contributed by atoms with Gasteiger partial charge in [0.1, 0.15) is 0 Å². The Morgan fingerprint density at radius 1 is 1.03 bits per heavy atom. The van der Waals surface area contributed by atoms with E-state index in [0.717, 1.165) is 10.8 Å². The number of esters is 1. The van der Waals surface area contributed by atoms with E-state index in [1.54, 1.807) is 43.3 Å². The third kappa shape index (κ3) is 3.82. The zero-order chi connectivity index (χ0) is 20.4. The zero-order valence-corrected chi connectivity index (χ0v) is 15.9. The minimum Gasteiger partial charge on any atom is -0.452 e. The molecule has 6 nitrogen and oxygen atoms in total. The Kier molecular flexibility index (Phi) is 4.99. The van der Waals surface area contributed by atoms with Crippen molar-refractivity contribution in [1.29, 1.82) is 0 Å². The van der Waals surface area contributed by atoms with E-state index < -0.39 is 12.6 Å². The minimum absolute atomic E-state index is 0.159. The van der Waals surface area contributed by atoms with Crippen LogP contribution in [0.25, 0.3) is 10.8 Å². The number of nitrogens with zero attached hydrogens (tertiary/aromatic N) is 1. The normalized spacial score (nSPS) is 16.0. The first-order valence-electron chi connectivity index (χ1n) is 9.40. The molecule has 146 valence electrons. The number of carbonyl (C=O) groups is 3. The number of nitrogens with one attached hydrogen (secondary N) is 1. The smallest absolute Gasteiger partial charge is 0.338 e. The van der Waals surface area contributed by atoms with Gasteiger partial charge in [-0.2, -0.15) is 0 Å². The number of fused-ring (bicyclic) bond motifs is 2. The van der Waals surface area contributed by atoms with Gasteiger partial charge in [-0.15, -0.1) is 0 Å². The molecular formula is C23H20N2O4. The number of amides is 2. The summed E-state index contributed by atoms with van der Waals surface area (Å²) in [5.74, 6) is -1.10. The number of hydrogen-bond donors (Lipinski definition) is 1. The number of ether oxygens (including phenoxy) is 1. The van der Waals surface area contributed by atoms with Crippen LogP contribution < -0.4 is 10.2 Å². The summed E-state index contributed by atoms with van der Waals surface area (Å²) in [6, 6.07) is 19.7. The first-order valence-corrected chi connectivity index (χ1v) is 9.40. The molecule has 1 N–H and O–H groups in total. The van der Waals surface area contributed by atoms with Gasteiger partial charge >= 0.3 is 5.97 Å². The highest BCUT2D eigenvalue weighted by molar-refractivity contribution is 6.05.